The fraction of sp³-hybridized carbons (Fsp3) is 0.167. The molecule has 19 heavy (non-hydrogen) atoms. The van der Waals surface area contributed by atoms with Gasteiger partial charge in [0.15, 0.2) is 5.43 Å². The van der Waals surface area contributed by atoms with E-state index in [-0.39, 0.29) is 29.0 Å². The third kappa shape index (κ3) is 2.30. The Kier molecular flexibility index (Phi) is 3.28. The van der Waals surface area contributed by atoms with Crippen molar-refractivity contribution in [3.05, 3.63) is 50.4 Å². The van der Waals surface area contributed by atoms with Crippen molar-refractivity contribution in [2.75, 3.05) is 6.61 Å². The molecule has 1 aromatic heterocycles. The van der Waals surface area contributed by atoms with E-state index in [2.05, 4.69) is 0 Å². The number of rotatable bonds is 3. The highest BCUT2D eigenvalue weighted by Crippen LogP contribution is 2.24. The Morgan fingerprint density at radius 2 is 2.21 bits per heavy atom. The molecule has 0 atom stereocenters. The average Bonchev–Trinajstić information content (AvgIpc) is 2.38. The number of esters is 1. The minimum atomic E-state index is -0.834. The molecule has 0 spiro atoms. The van der Waals surface area contributed by atoms with Crippen molar-refractivity contribution >= 4 is 22.6 Å². The number of carbonyl (C=O) groups is 1. The zero-order valence-electron chi connectivity index (χ0n) is 9.91. The number of nitrogens with zero attached hydrogens (tertiary/aromatic N) is 1. The minimum absolute atomic E-state index is 0.0437. The van der Waals surface area contributed by atoms with Crippen LogP contribution in [0.5, 0.6) is 0 Å². The lowest BCUT2D eigenvalue weighted by atomic mass is 10.2. The van der Waals surface area contributed by atoms with E-state index in [0.29, 0.717) is 0 Å². The van der Waals surface area contributed by atoms with E-state index in [9.17, 15) is 19.7 Å². The number of para-hydroxylation sites is 1. The lowest BCUT2D eigenvalue weighted by molar-refractivity contribution is -0.383. The molecule has 0 unspecified atom stereocenters. The zero-order valence-corrected chi connectivity index (χ0v) is 9.91. The molecule has 0 N–H and O–H groups in total. The summed E-state index contributed by atoms with van der Waals surface area (Å²) >= 11 is 0. The molecule has 0 aliphatic carbocycles. The van der Waals surface area contributed by atoms with E-state index in [1.54, 1.807) is 6.92 Å². The fourth-order valence-corrected chi connectivity index (χ4v) is 1.61. The van der Waals surface area contributed by atoms with E-state index in [1.165, 1.54) is 18.2 Å². The van der Waals surface area contributed by atoms with Gasteiger partial charge in [0.05, 0.1) is 16.9 Å². The van der Waals surface area contributed by atoms with Crippen LogP contribution in [0.25, 0.3) is 11.0 Å². The monoisotopic (exact) mass is 263 g/mol. The number of non-ortho nitro benzene ring substituents is 1. The molecule has 0 bridgehead atoms. The predicted octanol–water partition coefficient (Wildman–Crippen LogP) is 1.88. The topological polar surface area (TPSA) is 99.7 Å². The van der Waals surface area contributed by atoms with Crippen molar-refractivity contribution in [3.63, 3.8) is 0 Å². The van der Waals surface area contributed by atoms with Gasteiger partial charge in [0.2, 0.25) is 11.3 Å². The molecular formula is C12H9NO6. The van der Waals surface area contributed by atoms with Crippen LogP contribution in [-0.4, -0.2) is 17.5 Å². The van der Waals surface area contributed by atoms with Crippen molar-refractivity contribution in [1.29, 1.82) is 0 Å². The third-order valence-corrected chi connectivity index (χ3v) is 2.41. The Morgan fingerprint density at radius 3 is 2.84 bits per heavy atom. The SMILES string of the molecule is CCOC(=O)c1cc(=O)c2cccc([N+](=O)[O-])c2o1. The average molecular weight is 263 g/mol. The first-order valence-electron chi connectivity index (χ1n) is 5.43. The van der Waals surface area contributed by atoms with Crippen LogP contribution in [0.1, 0.15) is 17.5 Å². The van der Waals surface area contributed by atoms with Gasteiger partial charge in [-0.05, 0) is 13.0 Å². The Morgan fingerprint density at radius 1 is 1.47 bits per heavy atom. The van der Waals surface area contributed by atoms with Crippen molar-refractivity contribution in [1.82, 2.24) is 0 Å². The highest BCUT2D eigenvalue weighted by atomic mass is 16.6. The molecule has 0 radical (unpaired) electrons. The van der Waals surface area contributed by atoms with Crippen LogP contribution in [0.3, 0.4) is 0 Å². The first kappa shape index (κ1) is 12.7. The number of benzene rings is 1. The number of hydrogen-bond acceptors (Lipinski definition) is 6. The number of fused-ring (bicyclic) bond motifs is 1. The van der Waals surface area contributed by atoms with Gasteiger partial charge in [-0.25, -0.2) is 4.79 Å². The minimum Gasteiger partial charge on any atom is -0.460 e. The normalized spacial score (nSPS) is 10.4. The summed E-state index contributed by atoms with van der Waals surface area (Å²) < 4.78 is 9.82. The predicted molar refractivity (Wildman–Crippen MR) is 65.1 cm³/mol. The van der Waals surface area contributed by atoms with Crippen LogP contribution in [0.2, 0.25) is 0 Å². The van der Waals surface area contributed by atoms with Crippen molar-refractivity contribution in [2.45, 2.75) is 6.92 Å². The summed E-state index contributed by atoms with van der Waals surface area (Å²) in [6, 6.07) is 4.93. The maximum absolute atomic E-state index is 11.8. The van der Waals surface area contributed by atoms with Gasteiger partial charge in [0.25, 0.3) is 0 Å². The molecule has 0 saturated heterocycles. The van der Waals surface area contributed by atoms with Crippen LogP contribution < -0.4 is 5.43 Å². The highest BCUT2D eigenvalue weighted by Gasteiger charge is 2.19. The van der Waals surface area contributed by atoms with Gasteiger partial charge >= 0.3 is 11.7 Å². The maximum Gasteiger partial charge on any atom is 0.374 e. The lowest BCUT2D eigenvalue weighted by Gasteiger charge is -2.02. The van der Waals surface area contributed by atoms with Crippen LogP contribution >= 0.6 is 0 Å². The summed E-state index contributed by atoms with van der Waals surface area (Å²) in [5.74, 6) is -1.19. The van der Waals surface area contributed by atoms with E-state index < -0.39 is 16.3 Å². The second-order valence-electron chi connectivity index (χ2n) is 3.61. The van der Waals surface area contributed by atoms with Crippen molar-refractivity contribution in [3.8, 4) is 0 Å². The summed E-state index contributed by atoms with van der Waals surface area (Å²) in [4.78, 5) is 33.5. The molecule has 2 aromatic rings. The summed E-state index contributed by atoms with van der Waals surface area (Å²) in [7, 11) is 0. The largest absolute Gasteiger partial charge is 0.460 e. The lowest BCUT2D eigenvalue weighted by Crippen LogP contribution is -2.10. The number of ether oxygens (including phenoxy) is 1. The third-order valence-electron chi connectivity index (χ3n) is 2.41. The van der Waals surface area contributed by atoms with E-state index in [4.69, 9.17) is 9.15 Å². The van der Waals surface area contributed by atoms with Gasteiger partial charge in [0, 0.05) is 12.1 Å². The number of nitro groups is 1. The van der Waals surface area contributed by atoms with E-state index in [1.807, 2.05) is 0 Å². The number of nitro benzene ring substituents is 1. The van der Waals surface area contributed by atoms with Gasteiger partial charge in [-0.1, -0.05) is 6.07 Å². The molecule has 98 valence electrons. The zero-order chi connectivity index (χ0) is 14.0. The van der Waals surface area contributed by atoms with Gasteiger partial charge in [0.1, 0.15) is 0 Å². The first-order chi connectivity index (χ1) is 9.04. The molecule has 1 heterocycles. The van der Waals surface area contributed by atoms with Crippen LogP contribution in [0, 0.1) is 10.1 Å². The second kappa shape index (κ2) is 4.89. The summed E-state index contributed by atoms with van der Waals surface area (Å²) in [5.41, 5.74) is -1.14. The Labute approximate surface area is 106 Å². The quantitative estimate of drug-likeness (QED) is 0.476. The Hall–Kier alpha value is -2.70. The van der Waals surface area contributed by atoms with Crippen LogP contribution in [0.15, 0.2) is 33.5 Å². The van der Waals surface area contributed by atoms with Gasteiger partial charge in [-0.15, -0.1) is 0 Å². The second-order valence-corrected chi connectivity index (χ2v) is 3.61. The summed E-state index contributed by atoms with van der Waals surface area (Å²) in [6.07, 6.45) is 0. The molecule has 1 aromatic carbocycles. The van der Waals surface area contributed by atoms with Crippen LogP contribution in [-0.2, 0) is 4.74 Å². The smallest absolute Gasteiger partial charge is 0.374 e. The van der Waals surface area contributed by atoms with E-state index in [0.717, 1.165) is 6.07 Å². The number of hydrogen-bond donors (Lipinski definition) is 0. The van der Waals surface area contributed by atoms with Crippen molar-refractivity contribution < 1.29 is 18.9 Å². The molecule has 0 amide bonds. The summed E-state index contributed by atoms with van der Waals surface area (Å²) in [5, 5.41) is 10.9. The standard InChI is InChI=1S/C12H9NO6/c1-2-18-12(15)10-6-9(14)7-4-3-5-8(13(16)17)11(7)19-10/h3-6H,2H2,1H3. The fourth-order valence-electron chi connectivity index (χ4n) is 1.61. The summed E-state index contributed by atoms with van der Waals surface area (Å²) in [6.45, 7) is 1.71. The molecule has 7 nitrogen and oxygen atoms in total. The molecule has 0 aliphatic rings. The molecule has 0 saturated carbocycles. The van der Waals surface area contributed by atoms with E-state index >= 15 is 0 Å². The molecule has 0 aliphatic heterocycles. The Balaban J connectivity index is 2.73. The molecular weight excluding hydrogens is 254 g/mol. The van der Waals surface area contributed by atoms with Crippen molar-refractivity contribution in [2.24, 2.45) is 0 Å². The van der Waals surface area contributed by atoms with Gasteiger partial charge in [-0.2, -0.15) is 0 Å². The molecule has 2 rings (SSSR count). The first-order valence-corrected chi connectivity index (χ1v) is 5.43. The number of carbonyl (C=O) groups excluding carboxylic acids is 1. The molecule has 7 heteroatoms. The highest BCUT2D eigenvalue weighted by molar-refractivity contribution is 5.91. The Bertz CT molecular complexity index is 718. The van der Waals surface area contributed by atoms with Gasteiger partial charge in [-0.3, -0.25) is 14.9 Å². The van der Waals surface area contributed by atoms with Crippen LogP contribution in [0.4, 0.5) is 5.69 Å². The maximum atomic E-state index is 11.8. The van der Waals surface area contributed by atoms with Gasteiger partial charge < -0.3 is 9.15 Å². The molecule has 0 fully saturated rings.